The topological polar surface area (TPSA) is 20.3 Å². The van der Waals surface area contributed by atoms with Crippen LogP contribution >= 0.6 is 0 Å². The molecule has 1 heterocycles. The van der Waals surface area contributed by atoms with Crippen molar-refractivity contribution in [2.45, 2.75) is 110 Å². The normalized spacial score (nSPS) is 21.2. The first kappa shape index (κ1) is 21.4. The molecular weight excluding hydrogens is 308 g/mol. The molecule has 0 N–H and O–H groups in total. The van der Waals surface area contributed by atoms with Gasteiger partial charge in [0.1, 0.15) is 0 Å². The van der Waals surface area contributed by atoms with Crippen LogP contribution < -0.4 is 0 Å². The van der Waals surface area contributed by atoms with Crippen molar-refractivity contribution in [1.82, 2.24) is 4.90 Å². The van der Waals surface area contributed by atoms with E-state index in [0.717, 1.165) is 19.3 Å². The van der Waals surface area contributed by atoms with E-state index in [2.05, 4.69) is 13.8 Å². The van der Waals surface area contributed by atoms with E-state index in [1.165, 1.54) is 63.2 Å². The molecule has 1 rings (SSSR count). The molecule has 1 amide bonds. The number of likely N-dealkylation sites (tertiary alicyclic amines) is 1. The number of unbranched alkanes of at least 4 members (excludes halogenated alkanes) is 7. The molecule has 1 saturated heterocycles. The molecule has 0 bridgehead atoms. The fourth-order valence-electron chi connectivity index (χ4n) is 3.92. The Bertz CT molecular complexity index is 360. The first-order chi connectivity index (χ1) is 11.4. The van der Waals surface area contributed by atoms with Gasteiger partial charge in [0.25, 0.3) is 5.92 Å². The summed E-state index contributed by atoms with van der Waals surface area (Å²) in [7, 11) is 0. The number of halogens is 2. The molecule has 1 aliphatic rings. The van der Waals surface area contributed by atoms with Gasteiger partial charge >= 0.3 is 0 Å². The smallest absolute Gasteiger partial charge is 0.267 e. The lowest BCUT2D eigenvalue weighted by atomic mass is 9.90. The zero-order valence-corrected chi connectivity index (χ0v) is 16.0. The van der Waals surface area contributed by atoms with Gasteiger partial charge in [-0.05, 0) is 12.3 Å². The van der Waals surface area contributed by atoms with Crippen LogP contribution in [0.15, 0.2) is 0 Å². The highest BCUT2D eigenvalue weighted by atomic mass is 19.3. The third kappa shape index (κ3) is 7.94. The lowest BCUT2D eigenvalue weighted by Gasteiger charge is -2.26. The van der Waals surface area contributed by atoms with E-state index in [1.54, 1.807) is 0 Å². The van der Waals surface area contributed by atoms with Crippen molar-refractivity contribution in [2.75, 3.05) is 6.54 Å². The molecule has 2 atom stereocenters. The number of hydrogen-bond donors (Lipinski definition) is 0. The Morgan fingerprint density at radius 1 is 1.08 bits per heavy atom. The van der Waals surface area contributed by atoms with Gasteiger partial charge in [-0.2, -0.15) is 0 Å². The average Bonchev–Trinajstić information content (AvgIpc) is 2.83. The summed E-state index contributed by atoms with van der Waals surface area (Å²) in [6.45, 7) is 5.40. The molecule has 4 heteroatoms. The van der Waals surface area contributed by atoms with Crippen LogP contribution in [0.5, 0.6) is 0 Å². The maximum Gasteiger partial charge on any atom is 0.267 e. The summed E-state index contributed by atoms with van der Waals surface area (Å²) in [5.74, 6) is -2.45. The van der Waals surface area contributed by atoms with Crippen LogP contribution in [-0.4, -0.2) is 29.3 Å². The third-order valence-electron chi connectivity index (χ3n) is 5.43. The lowest BCUT2D eigenvalue weighted by molar-refractivity contribution is -0.131. The monoisotopic (exact) mass is 345 g/mol. The van der Waals surface area contributed by atoms with Crippen LogP contribution in [0.25, 0.3) is 0 Å². The minimum absolute atomic E-state index is 0.152. The second-order valence-electron chi connectivity index (χ2n) is 7.63. The van der Waals surface area contributed by atoms with Gasteiger partial charge in [-0.1, -0.05) is 78.1 Å². The predicted octanol–water partition coefficient (Wildman–Crippen LogP) is 6.19. The van der Waals surface area contributed by atoms with Crippen LogP contribution in [0.3, 0.4) is 0 Å². The molecule has 2 unspecified atom stereocenters. The van der Waals surface area contributed by atoms with Crippen molar-refractivity contribution in [2.24, 2.45) is 5.92 Å². The van der Waals surface area contributed by atoms with Crippen LogP contribution in [0.1, 0.15) is 97.8 Å². The van der Waals surface area contributed by atoms with Crippen molar-refractivity contribution in [1.29, 1.82) is 0 Å². The molecule has 0 spiro atoms. The maximum atomic E-state index is 13.6. The Morgan fingerprint density at radius 2 is 1.67 bits per heavy atom. The SMILES string of the molecule is CCCCCCCCCCC(CC)CC1CC(F)(F)CN1C(C)=O. The molecule has 0 saturated carbocycles. The Labute approximate surface area is 147 Å². The predicted molar refractivity (Wildman–Crippen MR) is 96.4 cm³/mol. The van der Waals surface area contributed by atoms with Crippen LogP contribution in [-0.2, 0) is 4.79 Å². The van der Waals surface area contributed by atoms with Gasteiger partial charge in [-0.15, -0.1) is 0 Å². The molecule has 0 aliphatic carbocycles. The maximum absolute atomic E-state index is 13.6. The average molecular weight is 346 g/mol. The first-order valence-electron chi connectivity index (χ1n) is 10.0. The van der Waals surface area contributed by atoms with Crippen LogP contribution in [0, 0.1) is 5.92 Å². The number of hydrogen-bond acceptors (Lipinski definition) is 1. The van der Waals surface area contributed by atoms with Crippen LogP contribution in [0.4, 0.5) is 8.78 Å². The largest absolute Gasteiger partial charge is 0.334 e. The highest BCUT2D eigenvalue weighted by molar-refractivity contribution is 5.74. The summed E-state index contributed by atoms with van der Waals surface area (Å²) in [4.78, 5) is 13.0. The van der Waals surface area contributed by atoms with Gasteiger partial charge in [0.2, 0.25) is 5.91 Å². The Balaban J connectivity index is 2.25. The number of rotatable bonds is 12. The zero-order chi connectivity index (χ0) is 18.0. The van der Waals surface area contributed by atoms with Gasteiger partial charge in [0, 0.05) is 19.4 Å². The van der Waals surface area contributed by atoms with E-state index in [0.29, 0.717) is 5.92 Å². The van der Waals surface area contributed by atoms with E-state index in [1.807, 2.05) is 0 Å². The first-order valence-corrected chi connectivity index (χ1v) is 10.0. The molecule has 0 radical (unpaired) electrons. The van der Waals surface area contributed by atoms with Crippen molar-refractivity contribution < 1.29 is 13.6 Å². The zero-order valence-electron chi connectivity index (χ0n) is 16.0. The fourth-order valence-corrected chi connectivity index (χ4v) is 3.92. The van der Waals surface area contributed by atoms with E-state index in [4.69, 9.17) is 0 Å². The third-order valence-corrected chi connectivity index (χ3v) is 5.43. The van der Waals surface area contributed by atoms with Gasteiger partial charge in [0.15, 0.2) is 0 Å². The number of nitrogens with zero attached hydrogens (tertiary/aromatic N) is 1. The molecule has 0 aromatic carbocycles. The molecule has 142 valence electrons. The lowest BCUT2D eigenvalue weighted by Crippen LogP contribution is -2.35. The summed E-state index contributed by atoms with van der Waals surface area (Å²) >= 11 is 0. The Hall–Kier alpha value is -0.670. The second kappa shape index (κ2) is 11.0. The molecule has 1 fully saturated rings. The molecule has 0 aromatic rings. The highest BCUT2D eigenvalue weighted by Gasteiger charge is 2.46. The Kier molecular flexibility index (Phi) is 9.84. The molecule has 0 aromatic heterocycles. The molecule has 2 nitrogen and oxygen atoms in total. The van der Waals surface area contributed by atoms with Gasteiger partial charge < -0.3 is 4.90 Å². The van der Waals surface area contributed by atoms with Crippen molar-refractivity contribution in [3.8, 4) is 0 Å². The van der Waals surface area contributed by atoms with Crippen molar-refractivity contribution in [3.05, 3.63) is 0 Å². The number of carbonyl (C=O) groups excluding carboxylic acids is 1. The number of alkyl halides is 2. The van der Waals surface area contributed by atoms with Crippen LogP contribution in [0.2, 0.25) is 0 Å². The minimum Gasteiger partial charge on any atom is -0.334 e. The summed E-state index contributed by atoms with van der Waals surface area (Å²) in [5.41, 5.74) is 0. The fraction of sp³-hybridized carbons (Fsp3) is 0.950. The second-order valence-corrected chi connectivity index (χ2v) is 7.63. The van der Waals surface area contributed by atoms with E-state index >= 15 is 0 Å². The summed E-state index contributed by atoms with van der Waals surface area (Å²) in [5, 5.41) is 0. The molecule has 24 heavy (non-hydrogen) atoms. The van der Waals surface area contributed by atoms with E-state index in [-0.39, 0.29) is 24.9 Å². The molecule has 1 aliphatic heterocycles. The summed E-state index contributed by atoms with van der Waals surface area (Å²) in [6.07, 6.45) is 13.1. The minimum atomic E-state index is -2.70. The summed E-state index contributed by atoms with van der Waals surface area (Å²) in [6, 6.07) is -0.267. The Morgan fingerprint density at radius 3 is 2.21 bits per heavy atom. The molecular formula is C20H37F2NO. The quantitative estimate of drug-likeness (QED) is 0.386. The van der Waals surface area contributed by atoms with Gasteiger partial charge in [-0.3, -0.25) is 4.79 Å². The van der Waals surface area contributed by atoms with E-state index in [9.17, 15) is 13.6 Å². The van der Waals surface area contributed by atoms with E-state index < -0.39 is 5.92 Å². The number of carbonyl (C=O) groups is 1. The number of amides is 1. The summed E-state index contributed by atoms with van der Waals surface area (Å²) < 4.78 is 27.3. The highest BCUT2D eigenvalue weighted by Crippen LogP contribution is 2.36. The van der Waals surface area contributed by atoms with Crippen molar-refractivity contribution in [3.63, 3.8) is 0 Å². The van der Waals surface area contributed by atoms with Gasteiger partial charge in [0.05, 0.1) is 6.54 Å². The van der Waals surface area contributed by atoms with Gasteiger partial charge in [-0.25, -0.2) is 8.78 Å². The standard InChI is InChI=1S/C20H37F2NO/c1-4-6-7-8-9-10-11-12-13-18(5-2)14-19-15-20(21,22)16-23(19)17(3)24/h18-19H,4-16H2,1-3H3. The van der Waals surface area contributed by atoms with Crippen molar-refractivity contribution >= 4 is 5.91 Å².